The molecule has 1 aromatic heterocycles. The fraction of sp³-hybridized carbons (Fsp3) is 0.556. The van der Waals surface area contributed by atoms with Crippen LogP contribution in [0.15, 0.2) is 12.4 Å². The Morgan fingerprint density at radius 3 is 3.14 bits per heavy atom. The Hall–Kier alpha value is -0.870. The number of rotatable bonds is 1. The van der Waals surface area contributed by atoms with Gasteiger partial charge < -0.3 is 10.2 Å². The van der Waals surface area contributed by atoms with Crippen molar-refractivity contribution in [2.24, 2.45) is 0 Å². The summed E-state index contributed by atoms with van der Waals surface area (Å²) in [4.78, 5) is 10.3. The number of nitrogens with zero attached hydrogens (tertiary/aromatic N) is 3. The topological polar surface area (TPSA) is 41.0 Å². The molecular weight excluding hydrogens is 200 g/mol. The van der Waals surface area contributed by atoms with Crippen molar-refractivity contribution < 1.29 is 0 Å². The first kappa shape index (κ1) is 9.68. The van der Waals surface area contributed by atoms with Crippen molar-refractivity contribution in [3.8, 4) is 0 Å². The molecule has 0 spiro atoms. The highest BCUT2D eigenvalue weighted by atomic mass is 35.5. The summed E-state index contributed by atoms with van der Waals surface area (Å²) < 4.78 is 0. The Balaban J connectivity index is 2.20. The molecule has 0 bridgehead atoms. The fourth-order valence-corrected chi connectivity index (χ4v) is 1.80. The van der Waals surface area contributed by atoms with Gasteiger partial charge in [0.15, 0.2) is 0 Å². The van der Waals surface area contributed by atoms with E-state index in [1.54, 1.807) is 0 Å². The second-order valence-electron chi connectivity index (χ2n) is 3.45. The first-order valence-corrected chi connectivity index (χ1v) is 5.10. The maximum Gasteiger partial charge on any atom is 0.134 e. The van der Waals surface area contributed by atoms with E-state index in [1.165, 1.54) is 6.33 Å². The third-order valence-corrected chi connectivity index (χ3v) is 2.62. The number of hydrogen-bond donors (Lipinski definition) is 1. The largest absolute Gasteiger partial charge is 0.351 e. The van der Waals surface area contributed by atoms with Gasteiger partial charge in [0.2, 0.25) is 0 Å². The van der Waals surface area contributed by atoms with Crippen LogP contribution in [0.5, 0.6) is 0 Å². The molecule has 1 aliphatic rings. The van der Waals surface area contributed by atoms with Crippen LogP contribution < -0.4 is 10.2 Å². The van der Waals surface area contributed by atoms with Crippen molar-refractivity contribution in [1.82, 2.24) is 15.3 Å². The molecule has 1 atom stereocenters. The second-order valence-corrected chi connectivity index (χ2v) is 3.83. The maximum atomic E-state index is 5.82. The summed E-state index contributed by atoms with van der Waals surface area (Å²) in [6, 6.07) is 2.26. The smallest absolute Gasteiger partial charge is 0.134 e. The molecule has 0 radical (unpaired) electrons. The zero-order chi connectivity index (χ0) is 9.97. The van der Waals surface area contributed by atoms with Gasteiger partial charge >= 0.3 is 0 Å². The summed E-state index contributed by atoms with van der Waals surface area (Å²) in [7, 11) is 0. The van der Waals surface area contributed by atoms with Crippen LogP contribution in [0.25, 0.3) is 0 Å². The van der Waals surface area contributed by atoms with Crippen molar-refractivity contribution in [1.29, 1.82) is 0 Å². The highest BCUT2D eigenvalue weighted by Gasteiger charge is 2.19. The minimum absolute atomic E-state index is 0.453. The molecule has 5 heteroatoms. The molecule has 2 heterocycles. The Morgan fingerprint density at radius 1 is 1.57 bits per heavy atom. The summed E-state index contributed by atoms with van der Waals surface area (Å²) in [5.41, 5.74) is 0. The van der Waals surface area contributed by atoms with Gasteiger partial charge in [0.1, 0.15) is 17.3 Å². The quantitative estimate of drug-likeness (QED) is 0.704. The van der Waals surface area contributed by atoms with Gasteiger partial charge in [-0.15, -0.1) is 0 Å². The van der Waals surface area contributed by atoms with Gasteiger partial charge in [-0.2, -0.15) is 0 Å². The van der Waals surface area contributed by atoms with Crippen LogP contribution in [0.4, 0.5) is 5.82 Å². The van der Waals surface area contributed by atoms with Gasteiger partial charge in [0, 0.05) is 31.7 Å². The van der Waals surface area contributed by atoms with Crippen LogP contribution >= 0.6 is 11.6 Å². The zero-order valence-electron chi connectivity index (χ0n) is 8.07. The van der Waals surface area contributed by atoms with E-state index in [-0.39, 0.29) is 0 Å². The van der Waals surface area contributed by atoms with E-state index in [0.717, 1.165) is 25.5 Å². The van der Waals surface area contributed by atoms with Crippen LogP contribution in [0.2, 0.25) is 5.15 Å². The summed E-state index contributed by atoms with van der Waals surface area (Å²) in [5.74, 6) is 0.916. The molecule has 1 aromatic rings. The van der Waals surface area contributed by atoms with Crippen molar-refractivity contribution in [3.63, 3.8) is 0 Å². The molecule has 0 amide bonds. The first-order chi connectivity index (χ1) is 6.77. The SMILES string of the molecule is C[C@@H]1CNCCN1c1cc(Cl)ncn1. The van der Waals surface area contributed by atoms with Crippen molar-refractivity contribution in [2.75, 3.05) is 24.5 Å². The lowest BCUT2D eigenvalue weighted by Gasteiger charge is -2.34. The molecule has 76 valence electrons. The Kier molecular flexibility index (Phi) is 2.84. The van der Waals surface area contributed by atoms with E-state index in [2.05, 4.69) is 27.1 Å². The number of anilines is 1. The molecule has 1 N–H and O–H groups in total. The first-order valence-electron chi connectivity index (χ1n) is 4.72. The fourth-order valence-electron chi connectivity index (χ4n) is 1.66. The lowest BCUT2D eigenvalue weighted by atomic mass is 10.2. The number of aromatic nitrogens is 2. The molecule has 1 fully saturated rings. The predicted molar refractivity (Wildman–Crippen MR) is 56.7 cm³/mol. The highest BCUT2D eigenvalue weighted by molar-refractivity contribution is 6.29. The minimum Gasteiger partial charge on any atom is -0.351 e. The third-order valence-electron chi connectivity index (χ3n) is 2.41. The Bertz CT molecular complexity index is 317. The second kappa shape index (κ2) is 4.11. The van der Waals surface area contributed by atoms with Crippen LogP contribution in [-0.2, 0) is 0 Å². The molecule has 1 aliphatic heterocycles. The van der Waals surface area contributed by atoms with Gasteiger partial charge in [0.05, 0.1) is 0 Å². The number of halogens is 1. The Morgan fingerprint density at radius 2 is 2.43 bits per heavy atom. The average molecular weight is 213 g/mol. The van der Waals surface area contributed by atoms with E-state index in [1.807, 2.05) is 6.07 Å². The van der Waals surface area contributed by atoms with Crippen LogP contribution in [0.1, 0.15) is 6.92 Å². The van der Waals surface area contributed by atoms with E-state index in [0.29, 0.717) is 11.2 Å². The molecular formula is C9H13ClN4. The van der Waals surface area contributed by atoms with Gasteiger partial charge in [0.25, 0.3) is 0 Å². The summed E-state index contributed by atoms with van der Waals surface area (Å²) in [6.45, 7) is 5.12. The van der Waals surface area contributed by atoms with E-state index >= 15 is 0 Å². The lowest BCUT2D eigenvalue weighted by molar-refractivity contribution is 0.497. The maximum absolute atomic E-state index is 5.82. The van der Waals surface area contributed by atoms with Crippen molar-refractivity contribution in [3.05, 3.63) is 17.5 Å². The summed E-state index contributed by atoms with van der Waals surface area (Å²) in [5, 5.41) is 3.83. The molecule has 4 nitrogen and oxygen atoms in total. The molecule has 0 aliphatic carbocycles. The molecule has 0 unspecified atom stereocenters. The Labute approximate surface area is 88.3 Å². The van der Waals surface area contributed by atoms with Crippen molar-refractivity contribution >= 4 is 17.4 Å². The lowest BCUT2D eigenvalue weighted by Crippen LogP contribution is -2.50. The van der Waals surface area contributed by atoms with Gasteiger partial charge in [-0.3, -0.25) is 0 Å². The normalized spacial score (nSPS) is 22.4. The summed E-state index contributed by atoms with van der Waals surface area (Å²) >= 11 is 5.82. The molecule has 14 heavy (non-hydrogen) atoms. The van der Waals surface area contributed by atoms with Crippen LogP contribution in [0, 0.1) is 0 Å². The molecule has 1 saturated heterocycles. The number of nitrogens with one attached hydrogen (secondary N) is 1. The van der Waals surface area contributed by atoms with Crippen LogP contribution in [0.3, 0.4) is 0 Å². The number of hydrogen-bond acceptors (Lipinski definition) is 4. The summed E-state index contributed by atoms with van der Waals surface area (Å²) in [6.07, 6.45) is 1.51. The molecule has 0 aromatic carbocycles. The predicted octanol–water partition coefficient (Wildman–Crippen LogP) is 0.928. The monoisotopic (exact) mass is 212 g/mol. The average Bonchev–Trinajstić information content (AvgIpc) is 2.18. The highest BCUT2D eigenvalue weighted by Crippen LogP contribution is 2.17. The van der Waals surface area contributed by atoms with E-state index < -0.39 is 0 Å². The third kappa shape index (κ3) is 1.96. The van der Waals surface area contributed by atoms with Gasteiger partial charge in [-0.1, -0.05) is 11.6 Å². The number of piperazine rings is 1. The van der Waals surface area contributed by atoms with E-state index in [9.17, 15) is 0 Å². The van der Waals surface area contributed by atoms with E-state index in [4.69, 9.17) is 11.6 Å². The molecule has 0 saturated carbocycles. The molecule has 2 rings (SSSR count). The van der Waals surface area contributed by atoms with Gasteiger partial charge in [-0.25, -0.2) is 9.97 Å². The zero-order valence-corrected chi connectivity index (χ0v) is 8.83. The standard InChI is InChI=1S/C9H13ClN4/c1-7-5-11-2-3-14(7)9-4-8(10)12-6-13-9/h4,6-7,11H,2-3,5H2,1H3/t7-/m1/s1. The minimum atomic E-state index is 0.453. The van der Waals surface area contributed by atoms with Crippen LogP contribution in [-0.4, -0.2) is 35.6 Å². The van der Waals surface area contributed by atoms with Crippen molar-refractivity contribution in [2.45, 2.75) is 13.0 Å². The van der Waals surface area contributed by atoms with Gasteiger partial charge in [-0.05, 0) is 6.92 Å².